The number of hydrogen-bond donors (Lipinski definition) is 3. The van der Waals surface area contributed by atoms with Gasteiger partial charge in [-0.3, -0.25) is 20.3 Å². The second-order valence-electron chi connectivity index (χ2n) is 5.69. The van der Waals surface area contributed by atoms with Crippen LogP contribution in [-0.2, 0) is 6.42 Å². The van der Waals surface area contributed by atoms with Crippen LogP contribution >= 0.6 is 0 Å². The lowest BCUT2D eigenvalue weighted by molar-refractivity contribution is 0.102. The lowest BCUT2D eigenvalue weighted by Gasteiger charge is -1.98. The van der Waals surface area contributed by atoms with Crippen molar-refractivity contribution in [3.63, 3.8) is 0 Å². The molecule has 0 bridgehead atoms. The van der Waals surface area contributed by atoms with Gasteiger partial charge in [0.1, 0.15) is 11.5 Å². The lowest BCUT2D eigenvalue weighted by atomic mass is 10.1. The number of anilines is 1. The van der Waals surface area contributed by atoms with Gasteiger partial charge in [0.2, 0.25) is 5.95 Å². The van der Waals surface area contributed by atoms with Gasteiger partial charge in [0.25, 0.3) is 5.91 Å². The van der Waals surface area contributed by atoms with Crippen molar-refractivity contribution < 1.29 is 4.79 Å². The Morgan fingerprint density at radius 2 is 1.96 bits per heavy atom. The molecule has 0 aliphatic rings. The van der Waals surface area contributed by atoms with Crippen LogP contribution in [0.4, 0.5) is 5.95 Å². The molecule has 0 aliphatic heterocycles. The average molecular weight is 310 g/mol. The first-order valence-electron chi connectivity index (χ1n) is 7.45. The van der Waals surface area contributed by atoms with E-state index >= 15 is 0 Å². The first kappa shape index (κ1) is 15.0. The SMILES string of the molecule is CC(C)Cc1nc(NC(=O)c2cc(-c3ccccc3)n[nH]2)n[nH]1. The van der Waals surface area contributed by atoms with Crippen molar-refractivity contribution in [2.75, 3.05) is 5.32 Å². The fourth-order valence-electron chi connectivity index (χ4n) is 2.19. The minimum Gasteiger partial charge on any atom is -0.288 e. The molecule has 0 unspecified atom stereocenters. The maximum Gasteiger partial charge on any atom is 0.276 e. The third-order valence-corrected chi connectivity index (χ3v) is 3.25. The quantitative estimate of drug-likeness (QED) is 0.674. The zero-order chi connectivity index (χ0) is 16.2. The number of H-pyrrole nitrogens is 2. The van der Waals surface area contributed by atoms with E-state index in [1.54, 1.807) is 6.07 Å². The van der Waals surface area contributed by atoms with E-state index in [1.807, 2.05) is 30.3 Å². The summed E-state index contributed by atoms with van der Waals surface area (Å²) in [6, 6.07) is 11.4. The molecule has 0 fully saturated rings. The van der Waals surface area contributed by atoms with Crippen molar-refractivity contribution in [2.24, 2.45) is 5.92 Å². The van der Waals surface area contributed by atoms with E-state index in [0.29, 0.717) is 17.3 Å². The fraction of sp³-hybridized carbons (Fsp3) is 0.250. The number of nitrogens with zero attached hydrogens (tertiary/aromatic N) is 3. The molecule has 0 aliphatic carbocycles. The molecule has 0 saturated carbocycles. The molecule has 3 N–H and O–H groups in total. The van der Waals surface area contributed by atoms with Crippen LogP contribution in [0.15, 0.2) is 36.4 Å². The molecule has 0 atom stereocenters. The summed E-state index contributed by atoms with van der Waals surface area (Å²) in [5.41, 5.74) is 2.02. The van der Waals surface area contributed by atoms with Gasteiger partial charge in [0.05, 0.1) is 5.69 Å². The summed E-state index contributed by atoms with van der Waals surface area (Å²) in [6.45, 7) is 4.19. The summed E-state index contributed by atoms with van der Waals surface area (Å²) < 4.78 is 0. The van der Waals surface area contributed by atoms with Crippen molar-refractivity contribution in [3.05, 3.63) is 47.9 Å². The summed E-state index contributed by atoms with van der Waals surface area (Å²) in [6.07, 6.45) is 0.783. The van der Waals surface area contributed by atoms with Crippen LogP contribution in [0, 0.1) is 5.92 Å². The number of aromatic nitrogens is 5. The molecule has 3 rings (SSSR count). The highest BCUT2D eigenvalue weighted by atomic mass is 16.2. The maximum absolute atomic E-state index is 12.2. The normalized spacial score (nSPS) is 10.9. The number of carbonyl (C=O) groups is 1. The third kappa shape index (κ3) is 3.63. The molecule has 7 heteroatoms. The molecule has 0 radical (unpaired) electrons. The zero-order valence-corrected chi connectivity index (χ0v) is 13.0. The van der Waals surface area contributed by atoms with Gasteiger partial charge in [-0.05, 0) is 12.0 Å². The van der Waals surface area contributed by atoms with Crippen LogP contribution in [-0.4, -0.2) is 31.3 Å². The standard InChI is InChI=1S/C16H18N6O/c1-10(2)8-14-17-16(22-21-14)18-15(23)13-9-12(19-20-13)11-6-4-3-5-7-11/h3-7,9-10H,8H2,1-2H3,(H,19,20)(H2,17,18,21,22,23). The van der Waals surface area contributed by atoms with Gasteiger partial charge in [0.15, 0.2) is 0 Å². The number of carbonyl (C=O) groups excluding carboxylic acids is 1. The molecule has 0 spiro atoms. The molecule has 118 valence electrons. The molecular weight excluding hydrogens is 292 g/mol. The van der Waals surface area contributed by atoms with Crippen LogP contribution in [0.2, 0.25) is 0 Å². The Hall–Kier alpha value is -2.96. The third-order valence-electron chi connectivity index (χ3n) is 3.25. The second-order valence-corrected chi connectivity index (χ2v) is 5.69. The Labute approximate surface area is 133 Å². The molecule has 7 nitrogen and oxygen atoms in total. The highest BCUT2D eigenvalue weighted by molar-refractivity contribution is 6.02. The topological polar surface area (TPSA) is 99.3 Å². The largest absolute Gasteiger partial charge is 0.288 e. The number of hydrogen-bond acceptors (Lipinski definition) is 4. The van der Waals surface area contributed by atoms with Crippen molar-refractivity contribution in [2.45, 2.75) is 20.3 Å². The van der Waals surface area contributed by atoms with Gasteiger partial charge in [-0.25, -0.2) is 0 Å². The highest BCUT2D eigenvalue weighted by Gasteiger charge is 2.13. The summed E-state index contributed by atoms with van der Waals surface area (Å²) >= 11 is 0. The Kier molecular flexibility index (Phi) is 4.18. The van der Waals surface area contributed by atoms with Gasteiger partial charge in [-0.1, -0.05) is 44.2 Å². The number of nitrogens with one attached hydrogen (secondary N) is 3. The van der Waals surface area contributed by atoms with E-state index in [-0.39, 0.29) is 11.9 Å². The summed E-state index contributed by atoms with van der Waals surface area (Å²) in [5.74, 6) is 1.16. The van der Waals surface area contributed by atoms with Gasteiger partial charge in [-0.2, -0.15) is 10.1 Å². The van der Waals surface area contributed by atoms with Crippen molar-refractivity contribution >= 4 is 11.9 Å². The molecular formula is C16H18N6O. The van der Waals surface area contributed by atoms with Crippen LogP contribution in [0.5, 0.6) is 0 Å². The minimum absolute atomic E-state index is 0.265. The molecule has 1 aromatic carbocycles. The maximum atomic E-state index is 12.2. The number of aromatic amines is 2. The molecule has 1 amide bonds. The van der Waals surface area contributed by atoms with Crippen molar-refractivity contribution in [3.8, 4) is 11.3 Å². The van der Waals surface area contributed by atoms with Crippen LogP contribution in [0.1, 0.15) is 30.2 Å². The van der Waals surface area contributed by atoms with E-state index in [2.05, 4.69) is 44.5 Å². The van der Waals surface area contributed by atoms with E-state index in [0.717, 1.165) is 17.8 Å². The lowest BCUT2D eigenvalue weighted by Crippen LogP contribution is -2.13. The van der Waals surface area contributed by atoms with E-state index in [9.17, 15) is 4.79 Å². The molecule has 2 aromatic heterocycles. The average Bonchev–Trinajstić information content (AvgIpc) is 3.17. The molecule has 0 saturated heterocycles. The summed E-state index contributed by atoms with van der Waals surface area (Å²) in [7, 11) is 0. The van der Waals surface area contributed by atoms with Crippen LogP contribution < -0.4 is 5.32 Å². The molecule has 3 aromatic rings. The first-order valence-corrected chi connectivity index (χ1v) is 7.45. The minimum atomic E-state index is -0.324. The van der Waals surface area contributed by atoms with Crippen molar-refractivity contribution in [1.82, 2.24) is 25.4 Å². The van der Waals surface area contributed by atoms with E-state index in [4.69, 9.17) is 0 Å². The predicted molar refractivity (Wildman–Crippen MR) is 86.9 cm³/mol. The monoisotopic (exact) mass is 310 g/mol. The van der Waals surface area contributed by atoms with Crippen molar-refractivity contribution in [1.29, 1.82) is 0 Å². The number of benzene rings is 1. The second kappa shape index (κ2) is 6.43. The van der Waals surface area contributed by atoms with Crippen LogP contribution in [0.25, 0.3) is 11.3 Å². The van der Waals surface area contributed by atoms with Gasteiger partial charge in [0, 0.05) is 12.0 Å². The highest BCUT2D eigenvalue weighted by Crippen LogP contribution is 2.17. The number of amides is 1. The van der Waals surface area contributed by atoms with Gasteiger partial charge in [-0.15, -0.1) is 5.10 Å². The zero-order valence-electron chi connectivity index (χ0n) is 13.0. The smallest absolute Gasteiger partial charge is 0.276 e. The Morgan fingerprint density at radius 3 is 2.70 bits per heavy atom. The molecule has 23 heavy (non-hydrogen) atoms. The van der Waals surface area contributed by atoms with E-state index in [1.165, 1.54) is 0 Å². The summed E-state index contributed by atoms with van der Waals surface area (Å²) in [5, 5.41) is 16.4. The van der Waals surface area contributed by atoms with Gasteiger partial charge >= 0.3 is 0 Å². The first-order chi connectivity index (χ1) is 11.1. The number of rotatable bonds is 5. The predicted octanol–water partition coefficient (Wildman–Crippen LogP) is 2.65. The summed E-state index contributed by atoms with van der Waals surface area (Å²) in [4.78, 5) is 16.5. The molecule has 2 heterocycles. The Morgan fingerprint density at radius 1 is 1.17 bits per heavy atom. The Bertz CT molecular complexity index is 790. The van der Waals surface area contributed by atoms with Crippen LogP contribution in [0.3, 0.4) is 0 Å². The fourth-order valence-corrected chi connectivity index (χ4v) is 2.19. The van der Waals surface area contributed by atoms with Gasteiger partial charge < -0.3 is 0 Å². The van der Waals surface area contributed by atoms with E-state index < -0.39 is 0 Å². The Balaban J connectivity index is 1.69.